The number of nitrogens with zero attached hydrogens (tertiary/aromatic N) is 4. The number of nitrogens with one attached hydrogen (secondary N) is 1. The Morgan fingerprint density at radius 3 is 3.00 bits per heavy atom. The average molecular weight is 325 g/mol. The van der Waals surface area contributed by atoms with Crippen molar-refractivity contribution in [2.24, 2.45) is 0 Å². The molecule has 0 radical (unpaired) electrons. The van der Waals surface area contributed by atoms with Gasteiger partial charge in [0, 0.05) is 18.8 Å². The summed E-state index contributed by atoms with van der Waals surface area (Å²) in [6.45, 7) is 0.533. The number of aromatic nitrogens is 3. The predicted octanol–water partition coefficient (Wildman–Crippen LogP) is 1.57. The lowest BCUT2D eigenvalue weighted by Gasteiger charge is -2.23. The van der Waals surface area contributed by atoms with E-state index in [4.69, 9.17) is 4.42 Å². The Hall–Kier alpha value is -3.16. The molecule has 0 aliphatic carbocycles. The Morgan fingerprint density at radius 1 is 1.25 bits per heavy atom. The molecular formula is C16H15N5O3. The van der Waals surface area contributed by atoms with Gasteiger partial charge in [-0.2, -0.15) is 9.61 Å². The van der Waals surface area contributed by atoms with E-state index in [2.05, 4.69) is 15.4 Å². The van der Waals surface area contributed by atoms with Crippen LogP contribution in [0, 0.1) is 0 Å². The zero-order valence-electron chi connectivity index (χ0n) is 12.8. The van der Waals surface area contributed by atoms with E-state index < -0.39 is 6.04 Å². The SMILES string of the molecule is O=C(Nc1ccnc2ccnn12)C1CCCN1C(=O)c1ccco1. The maximum absolute atomic E-state index is 12.7. The molecule has 8 heteroatoms. The molecule has 122 valence electrons. The van der Waals surface area contributed by atoms with Gasteiger partial charge in [0.05, 0.1) is 12.5 Å². The maximum Gasteiger partial charge on any atom is 0.290 e. The summed E-state index contributed by atoms with van der Waals surface area (Å²) in [4.78, 5) is 30.8. The summed E-state index contributed by atoms with van der Waals surface area (Å²) >= 11 is 0. The fourth-order valence-corrected chi connectivity index (χ4v) is 2.96. The van der Waals surface area contributed by atoms with Crippen LogP contribution in [0.15, 0.2) is 47.3 Å². The standard InChI is InChI=1S/C16H15N5O3/c22-15(19-14-5-7-17-13-6-8-18-21(13)14)11-3-1-9-20(11)16(23)12-4-2-10-24-12/h2,4-8,10-11H,1,3,9H2,(H,19,22). The van der Waals surface area contributed by atoms with Crippen LogP contribution >= 0.6 is 0 Å². The number of hydrogen-bond acceptors (Lipinski definition) is 5. The van der Waals surface area contributed by atoms with Crippen LogP contribution in [0.3, 0.4) is 0 Å². The van der Waals surface area contributed by atoms with E-state index in [1.807, 2.05) is 0 Å². The Bertz CT molecular complexity index is 886. The third-order valence-corrected chi connectivity index (χ3v) is 4.09. The first-order valence-electron chi connectivity index (χ1n) is 7.68. The monoisotopic (exact) mass is 325 g/mol. The van der Waals surface area contributed by atoms with Gasteiger partial charge >= 0.3 is 0 Å². The lowest BCUT2D eigenvalue weighted by atomic mass is 10.2. The lowest BCUT2D eigenvalue weighted by Crippen LogP contribution is -2.43. The van der Waals surface area contributed by atoms with E-state index in [1.165, 1.54) is 6.26 Å². The van der Waals surface area contributed by atoms with Crippen molar-refractivity contribution < 1.29 is 14.0 Å². The quantitative estimate of drug-likeness (QED) is 0.789. The molecule has 0 aromatic carbocycles. The van der Waals surface area contributed by atoms with E-state index in [1.54, 1.807) is 46.1 Å². The zero-order valence-corrected chi connectivity index (χ0v) is 12.8. The van der Waals surface area contributed by atoms with Crippen LogP contribution in [0.2, 0.25) is 0 Å². The van der Waals surface area contributed by atoms with Crippen molar-refractivity contribution in [1.82, 2.24) is 19.5 Å². The molecule has 24 heavy (non-hydrogen) atoms. The number of carbonyl (C=O) groups is 2. The summed E-state index contributed by atoms with van der Waals surface area (Å²) in [5.74, 6) is 0.257. The molecule has 1 aliphatic heterocycles. The van der Waals surface area contributed by atoms with Crippen molar-refractivity contribution in [3.05, 3.63) is 48.7 Å². The number of likely N-dealkylation sites (tertiary alicyclic amines) is 1. The minimum Gasteiger partial charge on any atom is -0.459 e. The van der Waals surface area contributed by atoms with Crippen LogP contribution in [-0.2, 0) is 4.79 Å². The molecule has 0 bridgehead atoms. The van der Waals surface area contributed by atoms with Crippen LogP contribution in [0.1, 0.15) is 23.4 Å². The minimum absolute atomic E-state index is 0.240. The fourth-order valence-electron chi connectivity index (χ4n) is 2.96. The number of hydrogen-bond donors (Lipinski definition) is 1. The number of amides is 2. The highest BCUT2D eigenvalue weighted by Gasteiger charge is 2.35. The number of anilines is 1. The van der Waals surface area contributed by atoms with Gasteiger partial charge in [-0.3, -0.25) is 9.59 Å². The normalized spacial score (nSPS) is 17.3. The molecule has 1 saturated heterocycles. The second-order valence-electron chi connectivity index (χ2n) is 5.55. The Balaban J connectivity index is 1.55. The molecule has 4 rings (SSSR count). The number of furan rings is 1. The first-order valence-corrected chi connectivity index (χ1v) is 7.68. The summed E-state index contributed by atoms with van der Waals surface area (Å²) in [6, 6.07) is 6.15. The predicted molar refractivity (Wildman–Crippen MR) is 84.4 cm³/mol. The molecule has 0 saturated carbocycles. The van der Waals surface area contributed by atoms with Crippen molar-refractivity contribution in [3.8, 4) is 0 Å². The van der Waals surface area contributed by atoms with Gasteiger partial charge in [0.25, 0.3) is 5.91 Å². The van der Waals surface area contributed by atoms with Gasteiger partial charge in [0.2, 0.25) is 5.91 Å². The first kappa shape index (κ1) is 14.4. The minimum atomic E-state index is -0.527. The Kier molecular flexibility index (Phi) is 3.49. The topological polar surface area (TPSA) is 92.7 Å². The molecule has 1 fully saturated rings. The van der Waals surface area contributed by atoms with E-state index in [9.17, 15) is 9.59 Å². The van der Waals surface area contributed by atoms with Gasteiger partial charge in [-0.25, -0.2) is 4.98 Å². The van der Waals surface area contributed by atoms with Crippen molar-refractivity contribution in [2.45, 2.75) is 18.9 Å². The third kappa shape index (κ3) is 2.41. The van der Waals surface area contributed by atoms with Crippen molar-refractivity contribution in [1.29, 1.82) is 0 Å². The number of carbonyl (C=O) groups excluding carboxylic acids is 2. The molecule has 8 nitrogen and oxygen atoms in total. The molecule has 2 amide bonds. The number of fused-ring (bicyclic) bond motifs is 1. The highest BCUT2D eigenvalue weighted by Crippen LogP contribution is 2.22. The molecule has 1 aliphatic rings. The maximum atomic E-state index is 12.7. The molecule has 3 aromatic heterocycles. The summed E-state index contributed by atoms with van der Waals surface area (Å²) < 4.78 is 6.70. The van der Waals surface area contributed by atoms with Crippen molar-refractivity contribution in [3.63, 3.8) is 0 Å². The van der Waals surface area contributed by atoms with Crippen molar-refractivity contribution in [2.75, 3.05) is 11.9 Å². The van der Waals surface area contributed by atoms with E-state index >= 15 is 0 Å². The summed E-state index contributed by atoms with van der Waals surface area (Å²) in [7, 11) is 0. The highest BCUT2D eigenvalue weighted by atomic mass is 16.3. The molecule has 3 aromatic rings. The largest absolute Gasteiger partial charge is 0.459 e. The van der Waals surface area contributed by atoms with Crippen LogP contribution in [0.4, 0.5) is 5.82 Å². The fraction of sp³-hybridized carbons (Fsp3) is 0.250. The van der Waals surface area contributed by atoms with E-state index in [-0.39, 0.29) is 17.6 Å². The molecule has 1 N–H and O–H groups in total. The molecule has 0 spiro atoms. The van der Waals surface area contributed by atoms with Gasteiger partial charge in [0.15, 0.2) is 11.4 Å². The first-order chi connectivity index (χ1) is 11.7. The van der Waals surface area contributed by atoms with Gasteiger partial charge in [-0.05, 0) is 31.0 Å². The summed E-state index contributed by atoms with van der Waals surface area (Å²) in [5.41, 5.74) is 0.641. The van der Waals surface area contributed by atoms with E-state index in [0.29, 0.717) is 24.4 Å². The van der Waals surface area contributed by atoms with Crippen LogP contribution < -0.4 is 5.32 Å². The van der Waals surface area contributed by atoms with Gasteiger partial charge < -0.3 is 14.6 Å². The molecule has 4 heterocycles. The lowest BCUT2D eigenvalue weighted by molar-refractivity contribution is -0.119. The second-order valence-corrected chi connectivity index (χ2v) is 5.55. The third-order valence-electron chi connectivity index (χ3n) is 4.09. The Morgan fingerprint density at radius 2 is 2.17 bits per heavy atom. The average Bonchev–Trinajstić information content (AvgIpc) is 3.33. The van der Waals surface area contributed by atoms with Gasteiger partial charge in [-0.15, -0.1) is 0 Å². The smallest absolute Gasteiger partial charge is 0.290 e. The summed E-state index contributed by atoms with van der Waals surface area (Å²) in [6.07, 6.45) is 6.06. The molecule has 1 unspecified atom stereocenters. The number of rotatable bonds is 3. The second kappa shape index (κ2) is 5.80. The van der Waals surface area contributed by atoms with Gasteiger partial charge in [-0.1, -0.05) is 0 Å². The molecule has 1 atom stereocenters. The highest BCUT2D eigenvalue weighted by molar-refractivity contribution is 6.00. The van der Waals surface area contributed by atoms with Crippen molar-refractivity contribution >= 4 is 23.3 Å². The van der Waals surface area contributed by atoms with Crippen LogP contribution in [0.25, 0.3) is 5.65 Å². The summed E-state index contributed by atoms with van der Waals surface area (Å²) in [5, 5.41) is 6.98. The van der Waals surface area contributed by atoms with E-state index in [0.717, 1.165) is 6.42 Å². The zero-order chi connectivity index (χ0) is 16.5. The molecular weight excluding hydrogens is 310 g/mol. The van der Waals surface area contributed by atoms with Crippen LogP contribution in [0.5, 0.6) is 0 Å². The van der Waals surface area contributed by atoms with Crippen LogP contribution in [-0.4, -0.2) is 43.9 Å². The Labute approximate surface area is 137 Å². The van der Waals surface area contributed by atoms with Gasteiger partial charge in [0.1, 0.15) is 11.9 Å².